The van der Waals surface area contributed by atoms with Gasteiger partial charge < -0.3 is 15.5 Å². The average Bonchev–Trinajstić information content (AvgIpc) is 3.22. The number of carboxylic acid groups (broad SMARTS) is 1. The van der Waals surface area contributed by atoms with Crippen LogP contribution in [0.4, 0.5) is 10.5 Å². The molecule has 0 aliphatic carbocycles. The topological polar surface area (TPSA) is 124 Å². The van der Waals surface area contributed by atoms with E-state index in [1.807, 2.05) is 17.5 Å². The molecule has 1 aliphatic rings. The molecule has 0 saturated carbocycles. The van der Waals surface area contributed by atoms with Crippen molar-refractivity contribution in [2.75, 3.05) is 11.9 Å². The molecule has 0 atom stereocenters. The van der Waals surface area contributed by atoms with Gasteiger partial charge in [-0.15, -0.1) is 11.3 Å². The minimum Gasteiger partial charge on any atom is -0.507 e. The lowest BCUT2D eigenvalue weighted by atomic mass is 10.2. The third-order valence-electron chi connectivity index (χ3n) is 3.76. The molecule has 3 amide bonds. The minimum absolute atomic E-state index is 0.0858. The second-order valence-electron chi connectivity index (χ2n) is 5.68. The summed E-state index contributed by atoms with van der Waals surface area (Å²) in [6.07, 6.45) is 1.51. The number of nitrogens with zero attached hydrogens (tertiary/aromatic N) is 1. The predicted octanol–water partition coefficient (Wildman–Crippen LogP) is 3.22. The molecule has 0 bridgehead atoms. The molecule has 1 aromatic heterocycles. The fraction of sp³-hybridized carbons (Fsp3) is 0.111. The summed E-state index contributed by atoms with van der Waals surface area (Å²) in [5.41, 5.74) is -0.0763. The first-order valence-electron chi connectivity index (χ1n) is 8.00. The molecule has 1 saturated heterocycles. The Kier molecular flexibility index (Phi) is 5.81. The van der Waals surface area contributed by atoms with E-state index in [0.29, 0.717) is 4.91 Å². The van der Waals surface area contributed by atoms with E-state index in [4.69, 9.17) is 5.11 Å². The van der Waals surface area contributed by atoms with Gasteiger partial charge in [0, 0.05) is 29.6 Å². The number of rotatable bonds is 6. The van der Waals surface area contributed by atoms with E-state index in [-0.39, 0.29) is 24.2 Å². The molecule has 3 rings (SSSR count). The zero-order chi connectivity index (χ0) is 20.3. The van der Waals surface area contributed by atoms with Crippen LogP contribution in [-0.2, 0) is 9.59 Å². The number of hydrogen-bond acceptors (Lipinski definition) is 7. The molecule has 1 aliphatic heterocycles. The standard InChI is InChI=1S/C18H14N2O6S2/c21-13-8-10(3-4-12(13)17(24)25)19-15(22)5-6-20-16(23)14(28-18(20)26)9-11-2-1-7-27-11/h1-4,7-9,21H,5-6H2,(H,19,22)(H,24,25)/b14-9-. The Morgan fingerprint density at radius 1 is 1.21 bits per heavy atom. The number of aromatic hydroxyl groups is 1. The number of aromatic carboxylic acids is 1. The first-order chi connectivity index (χ1) is 13.3. The Balaban J connectivity index is 1.58. The van der Waals surface area contributed by atoms with Crippen LogP contribution in [0.3, 0.4) is 0 Å². The van der Waals surface area contributed by atoms with Gasteiger partial charge in [-0.3, -0.25) is 19.3 Å². The smallest absolute Gasteiger partial charge is 0.339 e. The van der Waals surface area contributed by atoms with E-state index >= 15 is 0 Å². The van der Waals surface area contributed by atoms with Crippen molar-refractivity contribution in [2.24, 2.45) is 0 Å². The van der Waals surface area contributed by atoms with E-state index in [9.17, 15) is 24.3 Å². The zero-order valence-electron chi connectivity index (χ0n) is 14.2. The van der Waals surface area contributed by atoms with Crippen molar-refractivity contribution in [3.05, 3.63) is 51.1 Å². The fourth-order valence-electron chi connectivity index (χ4n) is 2.42. The van der Waals surface area contributed by atoms with Crippen LogP contribution in [0.2, 0.25) is 0 Å². The molecule has 0 unspecified atom stereocenters. The van der Waals surface area contributed by atoms with Crippen molar-refractivity contribution >= 4 is 57.9 Å². The second kappa shape index (κ2) is 8.28. The Hall–Kier alpha value is -3.11. The Morgan fingerprint density at radius 2 is 2.00 bits per heavy atom. The summed E-state index contributed by atoms with van der Waals surface area (Å²) in [5.74, 6) is -2.69. The van der Waals surface area contributed by atoms with Crippen molar-refractivity contribution < 1.29 is 29.4 Å². The number of carbonyl (C=O) groups excluding carboxylic acids is 3. The van der Waals surface area contributed by atoms with Gasteiger partial charge in [-0.1, -0.05) is 6.07 Å². The molecular formula is C18H14N2O6S2. The molecule has 3 N–H and O–H groups in total. The summed E-state index contributed by atoms with van der Waals surface area (Å²) >= 11 is 2.27. The quantitative estimate of drug-likeness (QED) is 0.615. The first-order valence-corrected chi connectivity index (χ1v) is 9.70. The summed E-state index contributed by atoms with van der Waals surface area (Å²) in [4.78, 5) is 49.5. The number of thiophene rings is 1. The molecular weight excluding hydrogens is 404 g/mol. The van der Waals surface area contributed by atoms with Crippen LogP contribution in [0.1, 0.15) is 21.7 Å². The Bertz CT molecular complexity index is 984. The van der Waals surface area contributed by atoms with Gasteiger partial charge in [0.15, 0.2) is 0 Å². The number of amides is 3. The molecule has 1 fully saturated rings. The number of nitrogens with one attached hydrogen (secondary N) is 1. The third-order valence-corrected chi connectivity index (χ3v) is 5.49. The molecule has 28 heavy (non-hydrogen) atoms. The Labute approximate surface area is 167 Å². The predicted molar refractivity (Wildman–Crippen MR) is 105 cm³/mol. The van der Waals surface area contributed by atoms with Crippen molar-refractivity contribution in [3.63, 3.8) is 0 Å². The number of carboxylic acids is 1. The molecule has 8 nitrogen and oxygen atoms in total. The maximum Gasteiger partial charge on any atom is 0.339 e. The summed E-state index contributed by atoms with van der Waals surface area (Å²) in [7, 11) is 0. The van der Waals surface area contributed by atoms with E-state index in [2.05, 4.69) is 5.32 Å². The van der Waals surface area contributed by atoms with E-state index in [1.54, 1.807) is 6.08 Å². The minimum atomic E-state index is -1.29. The molecule has 2 heterocycles. The maximum atomic E-state index is 12.4. The number of carbonyl (C=O) groups is 4. The van der Waals surface area contributed by atoms with Crippen LogP contribution >= 0.6 is 23.1 Å². The highest BCUT2D eigenvalue weighted by atomic mass is 32.2. The lowest BCUT2D eigenvalue weighted by molar-refractivity contribution is -0.123. The lowest BCUT2D eigenvalue weighted by Gasteiger charge is -2.12. The van der Waals surface area contributed by atoms with Crippen molar-refractivity contribution in [1.82, 2.24) is 4.90 Å². The Morgan fingerprint density at radius 3 is 2.64 bits per heavy atom. The van der Waals surface area contributed by atoms with Gasteiger partial charge in [-0.2, -0.15) is 0 Å². The van der Waals surface area contributed by atoms with Gasteiger partial charge in [-0.25, -0.2) is 4.79 Å². The number of anilines is 1. The van der Waals surface area contributed by atoms with Gasteiger partial charge >= 0.3 is 5.97 Å². The van der Waals surface area contributed by atoms with Crippen LogP contribution in [0.15, 0.2) is 40.6 Å². The largest absolute Gasteiger partial charge is 0.507 e. The third kappa shape index (κ3) is 4.41. The first kappa shape index (κ1) is 19.6. The van der Waals surface area contributed by atoms with Crippen LogP contribution < -0.4 is 5.32 Å². The monoisotopic (exact) mass is 418 g/mol. The van der Waals surface area contributed by atoms with Crippen LogP contribution in [0.5, 0.6) is 5.75 Å². The van der Waals surface area contributed by atoms with Crippen LogP contribution in [-0.4, -0.2) is 44.7 Å². The number of hydrogen-bond donors (Lipinski definition) is 3. The molecule has 144 valence electrons. The number of thioether (sulfide) groups is 1. The van der Waals surface area contributed by atoms with Crippen LogP contribution in [0.25, 0.3) is 6.08 Å². The molecule has 1 aromatic carbocycles. The van der Waals surface area contributed by atoms with Gasteiger partial charge in [0.05, 0.1) is 4.91 Å². The second-order valence-corrected chi connectivity index (χ2v) is 7.66. The summed E-state index contributed by atoms with van der Waals surface area (Å²) in [6, 6.07) is 7.29. The summed E-state index contributed by atoms with van der Waals surface area (Å²) < 4.78 is 0. The number of imide groups is 1. The maximum absolute atomic E-state index is 12.4. The van der Waals surface area contributed by atoms with Gasteiger partial charge in [0.2, 0.25) is 5.91 Å². The number of phenols is 1. The van der Waals surface area contributed by atoms with Crippen molar-refractivity contribution in [2.45, 2.75) is 6.42 Å². The zero-order valence-corrected chi connectivity index (χ0v) is 15.9. The van der Waals surface area contributed by atoms with Gasteiger partial charge in [0.25, 0.3) is 11.1 Å². The molecule has 0 spiro atoms. The van der Waals surface area contributed by atoms with E-state index < -0.39 is 28.8 Å². The van der Waals surface area contributed by atoms with Crippen molar-refractivity contribution in [1.29, 1.82) is 0 Å². The van der Waals surface area contributed by atoms with Gasteiger partial charge in [0.1, 0.15) is 11.3 Å². The molecule has 0 radical (unpaired) electrons. The van der Waals surface area contributed by atoms with Crippen molar-refractivity contribution in [3.8, 4) is 5.75 Å². The van der Waals surface area contributed by atoms with E-state index in [1.165, 1.54) is 23.5 Å². The molecule has 2 aromatic rings. The average molecular weight is 418 g/mol. The normalized spacial score (nSPS) is 15.3. The number of benzene rings is 1. The highest BCUT2D eigenvalue weighted by Crippen LogP contribution is 2.33. The molecule has 10 heteroatoms. The lowest BCUT2D eigenvalue weighted by Crippen LogP contribution is -2.31. The summed E-state index contributed by atoms with van der Waals surface area (Å²) in [6.45, 7) is -0.0858. The summed E-state index contributed by atoms with van der Waals surface area (Å²) in [5, 5.41) is 22.4. The SMILES string of the molecule is O=C(CCN1C(=O)S/C(=C\c2cccs2)C1=O)Nc1ccc(C(=O)O)c(O)c1. The fourth-order valence-corrected chi connectivity index (χ4v) is 4.01. The highest BCUT2D eigenvalue weighted by molar-refractivity contribution is 8.18. The van der Waals surface area contributed by atoms with Gasteiger partial charge in [-0.05, 0) is 41.4 Å². The van der Waals surface area contributed by atoms with E-state index in [0.717, 1.165) is 27.6 Å². The van der Waals surface area contributed by atoms with Crippen LogP contribution in [0, 0.1) is 0 Å². The highest BCUT2D eigenvalue weighted by Gasteiger charge is 2.35.